The van der Waals surface area contributed by atoms with Crippen LogP contribution in [0.5, 0.6) is 5.75 Å². The van der Waals surface area contributed by atoms with E-state index in [1.807, 2.05) is 26.0 Å². The van der Waals surface area contributed by atoms with Crippen LogP contribution in [0.4, 0.5) is 5.82 Å². The zero-order chi connectivity index (χ0) is 26.3. The third-order valence-electron chi connectivity index (χ3n) is 6.40. The topological polar surface area (TPSA) is 106 Å². The second kappa shape index (κ2) is 10.1. The van der Waals surface area contributed by atoms with E-state index in [0.29, 0.717) is 46.8 Å². The third-order valence-corrected chi connectivity index (χ3v) is 9.77. The normalized spacial score (nSPS) is 16.7. The SMILES string of the molecule is COc1ccc(S(=O)(=O)N2CCCC(C(=O)Nc3cc(C)nn3-c3nc4c(C)ccc(Cl)c4s3)C2)cc1. The maximum absolute atomic E-state index is 13.3. The fraction of sp³-hybridized carbons (Fsp3) is 0.320. The van der Waals surface area contributed by atoms with E-state index in [1.54, 1.807) is 22.9 Å². The lowest BCUT2D eigenvalue weighted by Gasteiger charge is -2.31. The Morgan fingerprint density at radius 1 is 1.19 bits per heavy atom. The summed E-state index contributed by atoms with van der Waals surface area (Å²) in [5, 5.41) is 8.68. The molecule has 1 saturated heterocycles. The molecule has 12 heteroatoms. The number of thiazole rings is 1. The van der Waals surface area contributed by atoms with Crippen LogP contribution >= 0.6 is 22.9 Å². The predicted molar refractivity (Wildman–Crippen MR) is 144 cm³/mol. The van der Waals surface area contributed by atoms with Crippen molar-refractivity contribution in [2.75, 3.05) is 25.5 Å². The highest BCUT2D eigenvalue weighted by Gasteiger charge is 2.34. The summed E-state index contributed by atoms with van der Waals surface area (Å²) >= 11 is 7.78. The number of aryl methyl sites for hydroxylation is 2. The quantitative estimate of drug-likeness (QED) is 0.364. The van der Waals surface area contributed by atoms with E-state index >= 15 is 0 Å². The Labute approximate surface area is 224 Å². The monoisotopic (exact) mass is 559 g/mol. The molecule has 1 unspecified atom stereocenters. The molecule has 0 saturated carbocycles. The van der Waals surface area contributed by atoms with Gasteiger partial charge in [0.15, 0.2) is 0 Å². The lowest BCUT2D eigenvalue weighted by molar-refractivity contribution is -0.120. The zero-order valence-electron chi connectivity index (χ0n) is 20.6. The first-order valence-electron chi connectivity index (χ1n) is 11.7. The van der Waals surface area contributed by atoms with E-state index in [-0.39, 0.29) is 17.3 Å². The number of rotatable bonds is 6. The number of fused-ring (bicyclic) bond motifs is 1. The van der Waals surface area contributed by atoms with Crippen LogP contribution in [0.1, 0.15) is 24.1 Å². The highest BCUT2D eigenvalue weighted by atomic mass is 35.5. The molecule has 1 aliphatic heterocycles. The Bertz CT molecular complexity index is 1540. The summed E-state index contributed by atoms with van der Waals surface area (Å²) in [6.45, 7) is 4.26. The van der Waals surface area contributed by atoms with Gasteiger partial charge in [-0.05, 0) is 62.6 Å². The number of carbonyl (C=O) groups excluding carboxylic acids is 1. The summed E-state index contributed by atoms with van der Waals surface area (Å²) < 4.78 is 35.4. The van der Waals surface area contributed by atoms with Gasteiger partial charge in [-0.25, -0.2) is 13.4 Å². The maximum Gasteiger partial charge on any atom is 0.243 e. The molecule has 5 rings (SSSR count). The van der Waals surface area contributed by atoms with E-state index in [4.69, 9.17) is 21.3 Å². The Kier molecular flexibility index (Phi) is 6.97. The van der Waals surface area contributed by atoms with Crippen molar-refractivity contribution in [1.29, 1.82) is 0 Å². The van der Waals surface area contributed by atoms with Gasteiger partial charge in [-0.3, -0.25) is 4.79 Å². The third kappa shape index (κ3) is 4.96. The van der Waals surface area contributed by atoms with Crippen LogP contribution in [0.2, 0.25) is 5.02 Å². The van der Waals surface area contributed by atoms with Crippen molar-refractivity contribution in [1.82, 2.24) is 19.1 Å². The molecule has 2 aromatic heterocycles. The molecule has 37 heavy (non-hydrogen) atoms. The van der Waals surface area contributed by atoms with Crippen LogP contribution in [-0.2, 0) is 14.8 Å². The summed E-state index contributed by atoms with van der Waals surface area (Å²) in [5.41, 5.74) is 2.51. The molecule has 3 heterocycles. The van der Waals surface area contributed by atoms with Crippen LogP contribution in [0.3, 0.4) is 0 Å². The van der Waals surface area contributed by atoms with Crippen molar-refractivity contribution in [2.24, 2.45) is 5.92 Å². The van der Waals surface area contributed by atoms with Crippen molar-refractivity contribution >= 4 is 54.9 Å². The first-order valence-corrected chi connectivity index (χ1v) is 14.4. The van der Waals surface area contributed by atoms with Gasteiger partial charge in [-0.1, -0.05) is 29.0 Å². The standard InChI is InChI=1S/C25H26ClN5O4S2/c1-15-6-11-20(26)23-22(15)28-25(36-23)31-21(13-16(2)29-31)27-24(32)17-5-4-12-30(14-17)37(33,34)19-9-7-18(35-3)8-10-19/h6-11,13,17H,4-5,12,14H2,1-3H3,(H,27,32). The van der Waals surface area contributed by atoms with Crippen molar-refractivity contribution in [3.63, 3.8) is 0 Å². The number of piperidine rings is 1. The van der Waals surface area contributed by atoms with Crippen LogP contribution in [0.25, 0.3) is 15.3 Å². The molecule has 0 spiro atoms. The maximum atomic E-state index is 13.3. The number of hydrogen-bond acceptors (Lipinski definition) is 7. The average molecular weight is 560 g/mol. The van der Waals surface area contributed by atoms with Gasteiger partial charge in [-0.2, -0.15) is 14.1 Å². The number of nitrogens with zero attached hydrogens (tertiary/aromatic N) is 4. The molecule has 0 bridgehead atoms. The Morgan fingerprint density at radius 3 is 2.65 bits per heavy atom. The minimum Gasteiger partial charge on any atom is -0.497 e. The first kappa shape index (κ1) is 25.7. The molecular formula is C25H26ClN5O4S2. The van der Waals surface area contributed by atoms with Crippen LogP contribution in [-0.4, -0.2) is 53.6 Å². The van der Waals surface area contributed by atoms with E-state index in [9.17, 15) is 13.2 Å². The summed E-state index contributed by atoms with van der Waals surface area (Å²) in [7, 11) is -2.21. The number of halogens is 1. The lowest BCUT2D eigenvalue weighted by Crippen LogP contribution is -2.43. The highest BCUT2D eigenvalue weighted by Crippen LogP contribution is 2.34. The van der Waals surface area contributed by atoms with Crippen molar-refractivity contribution < 1.29 is 17.9 Å². The number of nitrogens with one attached hydrogen (secondary N) is 1. The number of methoxy groups -OCH3 is 1. The molecular weight excluding hydrogens is 534 g/mol. The number of anilines is 1. The number of aromatic nitrogens is 3. The van der Waals surface area contributed by atoms with Crippen LogP contribution in [0, 0.1) is 19.8 Å². The van der Waals surface area contributed by atoms with Gasteiger partial charge in [0, 0.05) is 19.2 Å². The van der Waals surface area contributed by atoms with Gasteiger partial charge in [0.05, 0.1) is 38.9 Å². The van der Waals surface area contributed by atoms with E-state index in [1.165, 1.54) is 34.9 Å². The number of carbonyl (C=O) groups is 1. The van der Waals surface area contributed by atoms with Gasteiger partial charge < -0.3 is 10.1 Å². The van der Waals surface area contributed by atoms with Gasteiger partial charge in [0.25, 0.3) is 0 Å². The van der Waals surface area contributed by atoms with Gasteiger partial charge in [0.2, 0.25) is 21.1 Å². The van der Waals surface area contributed by atoms with Crippen molar-refractivity contribution in [2.45, 2.75) is 31.6 Å². The zero-order valence-corrected chi connectivity index (χ0v) is 23.0. The molecule has 0 radical (unpaired) electrons. The molecule has 194 valence electrons. The molecule has 0 aliphatic carbocycles. The average Bonchev–Trinajstić information content (AvgIpc) is 3.51. The van der Waals surface area contributed by atoms with Gasteiger partial charge in [0.1, 0.15) is 11.6 Å². The Balaban J connectivity index is 1.36. The summed E-state index contributed by atoms with van der Waals surface area (Å²) in [6, 6.07) is 11.8. The molecule has 1 fully saturated rings. The summed E-state index contributed by atoms with van der Waals surface area (Å²) in [6.07, 6.45) is 1.17. The lowest BCUT2D eigenvalue weighted by atomic mass is 9.99. The molecule has 1 atom stereocenters. The minimum atomic E-state index is -3.74. The first-order chi connectivity index (χ1) is 17.7. The molecule has 1 aliphatic rings. The van der Waals surface area contributed by atoms with E-state index in [0.717, 1.165) is 15.8 Å². The number of sulfonamides is 1. The van der Waals surface area contributed by atoms with Crippen molar-refractivity contribution in [3.8, 4) is 10.9 Å². The number of hydrogen-bond donors (Lipinski definition) is 1. The second-order valence-electron chi connectivity index (χ2n) is 8.99. The smallest absolute Gasteiger partial charge is 0.243 e. The number of benzene rings is 2. The Hall–Kier alpha value is -2.99. The number of ether oxygens (including phenoxy) is 1. The van der Waals surface area contributed by atoms with E-state index < -0.39 is 15.9 Å². The van der Waals surface area contributed by atoms with Crippen LogP contribution < -0.4 is 10.1 Å². The molecule has 2 aromatic carbocycles. The highest BCUT2D eigenvalue weighted by molar-refractivity contribution is 7.89. The van der Waals surface area contributed by atoms with Crippen molar-refractivity contribution in [3.05, 3.63) is 58.7 Å². The summed E-state index contributed by atoms with van der Waals surface area (Å²) in [5.74, 6) is 0.293. The summed E-state index contributed by atoms with van der Waals surface area (Å²) in [4.78, 5) is 18.2. The fourth-order valence-corrected chi connectivity index (χ4v) is 7.22. The Morgan fingerprint density at radius 2 is 1.95 bits per heavy atom. The predicted octanol–water partition coefficient (Wildman–Crippen LogP) is 4.80. The molecule has 1 N–H and O–H groups in total. The van der Waals surface area contributed by atoms with Gasteiger partial charge >= 0.3 is 0 Å². The van der Waals surface area contributed by atoms with Crippen LogP contribution in [0.15, 0.2) is 47.4 Å². The molecule has 9 nitrogen and oxygen atoms in total. The van der Waals surface area contributed by atoms with E-state index in [2.05, 4.69) is 10.4 Å². The fourth-order valence-electron chi connectivity index (χ4n) is 4.42. The largest absolute Gasteiger partial charge is 0.497 e. The number of amides is 1. The molecule has 4 aromatic rings. The second-order valence-corrected chi connectivity index (χ2v) is 12.3. The minimum absolute atomic E-state index is 0.100. The van der Waals surface area contributed by atoms with Gasteiger partial charge in [-0.15, -0.1) is 0 Å². The molecule has 1 amide bonds.